The second-order valence-corrected chi connectivity index (χ2v) is 7.75. The van der Waals surface area contributed by atoms with Gasteiger partial charge in [-0.05, 0) is 37.0 Å². The van der Waals surface area contributed by atoms with Gasteiger partial charge in [-0.25, -0.2) is 13.1 Å². The van der Waals surface area contributed by atoms with E-state index >= 15 is 0 Å². The van der Waals surface area contributed by atoms with Crippen LogP contribution in [0.3, 0.4) is 0 Å². The number of hydrogen-bond donors (Lipinski definition) is 3. The average molecular weight is 376 g/mol. The minimum atomic E-state index is -3.43. The molecule has 0 heterocycles. The third kappa shape index (κ3) is 5.73. The topological polar surface area (TPSA) is 101 Å². The molecule has 8 heteroatoms. The highest BCUT2D eigenvalue weighted by Gasteiger charge is 2.25. The Morgan fingerprint density at radius 1 is 1.25 bits per heavy atom. The van der Waals surface area contributed by atoms with Crippen molar-refractivity contribution >= 4 is 28.3 Å². The minimum Gasteiger partial charge on any atom is -0.352 e. The van der Waals surface area contributed by atoms with Gasteiger partial charge in [0.25, 0.3) is 0 Å². The van der Waals surface area contributed by atoms with E-state index in [1.807, 2.05) is 0 Å². The van der Waals surface area contributed by atoms with E-state index in [1.165, 1.54) is 0 Å². The van der Waals surface area contributed by atoms with Gasteiger partial charge < -0.3 is 11.1 Å². The largest absolute Gasteiger partial charge is 0.352 e. The number of carbonyl (C=O) groups excluding carboxylic acids is 1. The molecular formula is C16H26ClN3O3S. The molecule has 1 aliphatic rings. The fraction of sp³-hybridized carbons (Fsp3) is 0.562. The maximum atomic E-state index is 12.2. The van der Waals surface area contributed by atoms with E-state index < -0.39 is 10.0 Å². The Hall–Kier alpha value is -1.15. The standard InChI is InChI=1S/C16H25N3O3S.ClH/c1-2-19-23(21,22)15-8-6-12(7-9-15)11-18-16(20)13-4-3-5-14(17)10-13;/h6-9,13-14,19H,2-5,10-11,17H2,1H3,(H,18,20);1H. The summed E-state index contributed by atoms with van der Waals surface area (Å²) in [6.45, 7) is 2.48. The lowest BCUT2D eigenvalue weighted by atomic mass is 9.85. The maximum absolute atomic E-state index is 12.2. The van der Waals surface area contributed by atoms with Gasteiger partial charge in [0.1, 0.15) is 0 Å². The van der Waals surface area contributed by atoms with Crippen LogP contribution in [0, 0.1) is 5.92 Å². The van der Waals surface area contributed by atoms with Crippen molar-refractivity contribution in [2.45, 2.75) is 50.1 Å². The molecule has 2 atom stereocenters. The third-order valence-electron chi connectivity index (χ3n) is 4.12. The first-order valence-electron chi connectivity index (χ1n) is 8.04. The highest BCUT2D eigenvalue weighted by molar-refractivity contribution is 7.89. The summed E-state index contributed by atoms with van der Waals surface area (Å²) in [7, 11) is -3.43. The number of carbonyl (C=O) groups is 1. The van der Waals surface area contributed by atoms with Crippen molar-refractivity contribution in [1.29, 1.82) is 0 Å². The molecule has 24 heavy (non-hydrogen) atoms. The summed E-state index contributed by atoms with van der Waals surface area (Å²) in [5, 5.41) is 2.91. The summed E-state index contributed by atoms with van der Waals surface area (Å²) in [6, 6.07) is 6.66. The molecule has 1 fully saturated rings. The van der Waals surface area contributed by atoms with Crippen molar-refractivity contribution in [3.8, 4) is 0 Å². The summed E-state index contributed by atoms with van der Waals surface area (Å²) in [5.74, 6) is 0.0247. The minimum absolute atomic E-state index is 0. The van der Waals surface area contributed by atoms with Crippen LogP contribution >= 0.6 is 12.4 Å². The molecule has 1 aromatic carbocycles. The van der Waals surface area contributed by atoms with Crippen LogP contribution < -0.4 is 15.8 Å². The highest BCUT2D eigenvalue weighted by atomic mass is 35.5. The number of nitrogens with two attached hydrogens (primary N) is 1. The van der Waals surface area contributed by atoms with Gasteiger partial charge in [-0.2, -0.15) is 0 Å². The Bertz CT molecular complexity index is 634. The number of benzene rings is 1. The zero-order chi connectivity index (χ0) is 16.9. The van der Waals surface area contributed by atoms with Gasteiger partial charge in [0.15, 0.2) is 0 Å². The van der Waals surface area contributed by atoms with Gasteiger partial charge >= 0.3 is 0 Å². The smallest absolute Gasteiger partial charge is 0.240 e. The molecule has 1 aromatic rings. The van der Waals surface area contributed by atoms with E-state index in [1.54, 1.807) is 31.2 Å². The molecule has 136 valence electrons. The Morgan fingerprint density at radius 2 is 1.92 bits per heavy atom. The first-order chi connectivity index (χ1) is 10.9. The van der Waals surface area contributed by atoms with Crippen LogP contribution in [0.1, 0.15) is 38.2 Å². The molecule has 4 N–H and O–H groups in total. The van der Waals surface area contributed by atoms with Gasteiger partial charge in [0.2, 0.25) is 15.9 Å². The molecule has 0 spiro atoms. The lowest BCUT2D eigenvalue weighted by molar-refractivity contribution is -0.126. The van der Waals surface area contributed by atoms with Crippen molar-refractivity contribution in [3.63, 3.8) is 0 Å². The van der Waals surface area contributed by atoms with Crippen molar-refractivity contribution in [3.05, 3.63) is 29.8 Å². The van der Waals surface area contributed by atoms with E-state index in [2.05, 4.69) is 10.0 Å². The molecule has 0 bridgehead atoms. The quantitative estimate of drug-likeness (QED) is 0.701. The fourth-order valence-electron chi connectivity index (χ4n) is 2.86. The Labute approximate surface area is 150 Å². The van der Waals surface area contributed by atoms with E-state index in [0.717, 1.165) is 31.2 Å². The molecular weight excluding hydrogens is 350 g/mol. The zero-order valence-corrected chi connectivity index (χ0v) is 15.5. The summed E-state index contributed by atoms with van der Waals surface area (Å²) < 4.78 is 26.2. The third-order valence-corrected chi connectivity index (χ3v) is 5.68. The molecule has 1 saturated carbocycles. The van der Waals surface area contributed by atoms with Gasteiger partial charge in [-0.15, -0.1) is 12.4 Å². The SMILES string of the molecule is CCNS(=O)(=O)c1ccc(CNC(=O)C2CCCC(N)C2)cc1.Cl. The first kappa shape index (κ1) is 20.9. The Morgan fingerprint density at radius 3 is 2.50 bits per heavy atom. The van der Waals surface area contributed by atoms with Crippen LogP contribution in [0.15, 0.2) is 29.2 Å². The summed E-state index contributed by atoms with van der Waals surface area (Å²) in [5.41, 5.74) is 6.78. The molecule has 0 aromatic heterocycles. The average Bonchev–Trinajstić information content (AvgIpc) is 2.53. The number of hydrogen-bond acceptors (Lipinski definition) is 4. The molecule has 1 aliphatic carbocycles. The van der Waals surface area contributed by atoms with E-state index in [4.69, 9.17) is 5.73 Å². The second kappa shape index (κ2) is 9.36. The van der Waals surface area contributed by atoms with Gasteiger partial charge in [-0.3, -0.25) is 4.79 Å². The number of amides is 1. The van der Waals surface area contributed by atoms with Crippen LogP contribution in [0.25, 0.3) is 0 Å². The Kier molecular flexibility index (Phi) is 8.15. The van der Waals surface area contributed by atoms with Gasteiger partial charge in [0.05, 0.1) is 4.90 Å². The highest BCUT2D eigenvalue weighted by Crippen LogP contribution is 2.23. The second-order valence-electron chi connectivity index (χ2n) is 5.99. The van der Waals surface area contributed by atoms with E-state index in [0.29, 0.717) is 13.1 Å². The van der Waals surface area contributed by atoms with Crippen LogP contribution in [0.4, 0.5) is 0 Å². The first-order valence-corrected chi connectivity index (χ1v) is 9.52. The summed E-state index contributed by atoms with van der Waals surface area (Å²) in [6.07, 6.45) is 3.62. The maximum Gasteiger partial charge on any atom is 0.240 e. The molecule has 6 nitrogen and oxygen atoms in total. The lowest BCUT2D eigenvalue weighted by Crippen LogP contribution is -2.37. The van der Waals surface area contributed by atoms with Crippen molar-refractivity contribution in [2.75, 3.05) is 6.54 Å². The number of sulfonamides is 1. The molecule has 1 amide bonds. The van der Waals surface area contributed by atoms with Gasteiger partial charge in [0, 0.05) is 25.0 Å². The molecule has 0 aliphatic heterocycles. The number of rotatable bonds is 6. The fourth-order valence-corrected chi connectivity index (χ4v) is 3.90. The van der Waals surface area contributed by atoms with Crippen molar-refractivity contribution in [1.82, 2.24) is 10.0 Å². The number of nitrogens with one attached hydrogen (secondary N) is 2. The number of halogens is 1. The summed E-state index contributed by atoms with van der Waals surface area (Å²) >= 11 is 0. The predicted octanol–water partition coefficient (Wildman–Crippen LogP) is 1.54. The van der Waals surface area contributed by atoms with Crippen LogP contribution in [0.2, 0.25) is 0 Å². The van der Waals surface area contributed by atoms with Gasteiger partial charge in [-0.1, -0.05) is 25.5 Å². The normalized spacial score (nSPS) is 20.9. The Balaban J connectivity index is 0.00000288. The van der Waals surface area contributed by atoms with Crippen LogP contribution in [0.5, 0.6) is 0 Å². The monoisotopic (exact) mass is 375 g/mol. The summed E-state index contributed by atoms with van der Waals surface area (Å²) in [4.78, 5) is 12.4. The zero-order valence-electron chi connectivity index (χ0n) is 13.8. The van der Waals surface area contributed by atoms with Crippen LogP contribution in [-0.2, 0) is 21.4 Å². The molecule has 2 rings (SSSR count). The molecule has 0 radical (unpaired) electrons. The van der Waals surface area contributed by atoms with Crippen molar-refractivity contribution in [2.24, 2.45) is 11.7 Å². The predicted molar refractivity (Wildman–Crippen MR) is 96.3 cm³/mol. The van der Waals surface area contributed by atoms with E-state index in [9.17, 15) is 13.2 Å². The van der Waals surface area contributed by atoms with E-state index in [-0.39, 0.29) is 35.2 Å². The van der Waals surface area contributed by atoms with Crippen LogP contribution in [-0.4, -0.2) is 26.9 Å². The lowest BCUT2D eigenvalue weighted by Gasteiger charge is -2.25. The van der Waals surface area contributed by atoms with Crippen molar-refractivity contribution < 1.29 is 13.2 Å². The molecule has 0 saturated heterocycles. The molecule has 2 unspecified atom stereocenters.